The van der Waals surface area contributed by atoms with Crippen molar-refractivity contribution in [2.24, 2.45) is 7.05 Å². The molecule has 8 heteroatoms. The Hall–Kier alpha value is -3.09. The van der Waals surface area contributed by atoms with Crippen molar-refractivity contribution in [2.75, 3.05) is 0 Å². The van der Waals surface area contributed by atoms with E-state index in [1.54, 1.807) is 55.7 Å². The van der Waals surface area contributed by atoms with Crippen molar-refractivity contribution in [1.82, 2.24) is 14.8 Å². The molecule has 0 unspecified atom stereocenters. The summed E-state index contributed by atoms with van der Waals surface area (Å²) in [7, 11) is 1.62. The van der Waals surface area contributed by atoms with Gasteiger partial charge >= 0.3 is 0 Å². The summed E-state index contributed by atoms with van der Waals surface area (Å²) < 4.78 is 7.37. The Bertz CT molecular complexity index is 1400. The molecule has 2 heterocycles. The van der Waals surface area contributed by atoms with Crippen LogP contribution in [0.15, 0.2) is 53.5 Å². The molecule has 0 amide bonds. The first kappa shape index (κ1) is 19.8. The number of ether oxygens (including phenoxy) is 1. The van der Waals surface area contributed by atoms with Crippen LogP contribution in [0.3, 0.4) is 0 Å². The van der Waals surface area contributed by atoms with E-state index in [4.69, 9.17) is 27.9 Å². The number of aryl methyl sites for hydroxylation is 1. The normalized spacial score (nSPS) is 13.5. The quantitative estimate of drug-likeness (QED) is 0.406. The summed E-state index contributed by atoms with van der Waals surface area (Å²) in [5, 5.41) is 4.55. The minimum Gasteiger partial charge on any atom is -0.455 e. The van der Waals surface area contributed by atoms with Gasteiger partial charge in [-0.3, -0.25) is 24.4 Å². The van der Waals surface area contributed by atoms with Crippen molar-refractivity contribution >= 4 is 39.9 Å². The lowest BCUT2D eigenvalue weighted by molar-refractivity contribution is 0.103. The number of carbonyl (C=O) groups is 1. The van der Waals surface area contributed by atoms with Gasteiger partial charge in [0.2, 0.25) is 5.78 Å². The molecule has 156 valence electrons. The number of nitrogens with zero attached hydrogens (tertiary/aromatic N) is 2. The van der Waals surface area contributed by atoms with Crippen LogP contribution in [0.1, 0.15) is 40.4 Å². The van der Waals surface area contributed by atoms with Gasteiger partial charge in [0, 0.05) is 35.1 Å². The molecule has 4 aromatic rings. The predicted octanol–water partition coefficient (Wildman–Crippen LogP) is 5.47. The number of rotatable bonds is 5. The van der Waals surface area contributed by atoms with Crippen molar-refractivity contribution in [1.29, 1.82) is 0 Å². The third kappa shape index (κ3) is 3.62. The SMILES string of the molecule is Cn1[nH]c(C2CC2)c(C(=O)c2ccc3nccc(Oc4ccc(Cl)cc4Cl)c3c2)c1=O. The fourth-order valence-electron chi connectivity index (χ4n) is 3.63. The van der Waals surface area contributed by atoms with Crippen molar-refractivity contribution in [3.8, 4) is 11.5 Å². The number of nitrogens with one attached hydrogen (secondary N) is 1. The van der Waals surface area contributed by atoms with Crippen LogP contribution in [0, 0.1) is 0 Å². The third-order valence-corrected chi connectivity index (χ3v) is 5.90. The van der Waals surface area contributed by atoms with Gasteiger partial charge in [-0.15, -0.1) is 0 Å². The van der Waals surface area contributed by atoms with E-state index < -0.39 is 0 Å². The number of halogens is 2. The van der Waals surface area contributed by atoms with E-state index in [2.05, 4.69) is 10.1 Å². The number of aromatic nitrogens is 3. The van der Waals surface area contributed by atoms with E-state index in [0.29, 0.717) is 43.7 Å². The molecule has 1 fully saturated rings. The molecule has 0 saturated heterocycles. The number of ketones is 1. The van der Waals surface area contributed by atoms with Crippen molar-refractivity contribution < 1.29 is 9.53 Å². The van der Waals surface area contributed by atoms with Crippen LogP contribution in [-0.4, -0.2) is 20.5 Å². The largest absolute Gasteiger partial charge is 0.455 e. The standard InChI is InChI=1S/C23H17Cl2N3O3/c1-28-23(30)20(21(27-28)12-2-3-12)22(29)13-4-6-17-15(10-13)18(8-9-26-17)31-19-7-5-14(24)11-16(19)25/h4-12,27H,2-3H2,1H3. The molecule has 2 aromatic carbocycles. The van der Waals surface area contributed by atoms with E-state index in [9.17, 15) is 9.59 Å². The zero-order valence-electron chi connectivity index (χ0n) is 16.5. The van der Waals surface area contributed by atoms with Gasteiger partial charge in [0.15, 0.2) is 0 Å². The highest BCUT2D eigenvalue weighted by atomic mass is 35.5. The molecular weight excluding hydrogens is 437 g/mol. The summed E-state index contributed by atoms with van der Waals surface area (Å²) in [6, 6.07) is 11.8. The van der Waals surface area contributed by atoms with Crippen LogP contribution in [0.25, 0.3) is 10.9 Å². The monoisotopic (exact) mass is 453 g/mol. The average molecular weight is 454 g/mol. The highest BCUT2D eigenvalue weighted by Crippen LogP contribution is 2.40. The van der Waals surface area contributed by atoms with E-state index in [0.717, 1.165) is 12.8 Å². The zero-order chi connectivity index (χ0) is 21.7. The maximum absolute atomic E-state index is 13.3. The van der Waals surface area contributed by atoms with Crippen LogP contribution in [0.5, 0.6) is 11.5 Å². The number of hydrogen-bond acceptors (Lipinski definition) is 4. The summed E-state index contributed by atoms with van der Waals surface area (Å²) in [6.07, 6.45) is 3.57. The van der Waals surface area contributed by atoms with E-state index in [1.807, 2.05) is 0 Å². The van der Waals surface area contributed by atoms with E-state index in [1.165, 1.54) is 4.68 Å². The molecule has 31 heavy (non-hydrogen) atoms. The highest BCUT2D eigenvalue weighted by molar-refractivity contribution is 6.35. The fourth-order valence-corrected chi connectivity index (χ4v) is 4.08. The molecule has 0 bridgehead atoms. The van der Waals surface area contributed by atoms with Crippen molar-refractivity contribution in [3.63, 3.8) is 0 Å². The van der Waals surface area contributed by atoms with Gasteiger partial charge in [-0.1, -0.05) is 23.2 Å². The summed E-state index contributed by atoms with van der Waals surface area (Å²) in [5.74, 6) is 0.852. The number of aromatic amines is 1. The summed E-state index contributed by atoms with van der Waals surface area (Å²) >= 11 is 12.2. The Balaban J connectivity index is 1.58. The van der Waals surface area contributed by atoms with E-state index in [-0.39, 0.29) is 22.8 Å². The van der Waals surface area contributed by atoms with Gasteiger partial charge < -0.3 is 4.74 Å². The lowest BCUT2D eigenvalue weighted by Gasteiger charge is -2.11. The third-order valence-electron chi connectivity index (χ3n) is 5.37. The molecule has 1 aliphatic carbocycles. The first-order valence-electron chi connectivity index (χ1n) is 9.77. The molecule has 0 aliphatic heterocycles. The van der Waals surface area contributed by atoms with Crippen LogP contribution in [0.4, 0.5) is 0 Å². The Morgan fingerprint density at radius 2 is 1.94 bits per heavy atom. The maximum Gasteiger partial charge on any atom is 0.277 e. The molecule has 0 spiro atoms. The number of pyridine rings is 1. The summed E-state index contributed by atoms with van der Waals surface area (Å²) in [4.78, 5) is 30.3. The first-order chi connectivity index (χ1) is 14.9. The zero-order valence-corrected chi connectivity index (χ0v) is 18.0. The lowest BCUT2D eigenvalue weighted by atomic mass is 10.00. The fraction of sp³-hybridized carbons (Fsp3) is 0.174. The molecule has 0 radical (unpaired) electrons. The summed E-state index contributed by atoms with van der Waals surface area (Å²) in [6.45, 7) is 0. The predicted molar refractivity (Wildman–Crippen MR) is 120 cm³/mol. The van der Waals surface area contributed by atoms with Crippen molar-refractivity contribution in [2.45, 2.75) is 18.8 Å². The van der Waals surface area contributed by atoms with Gasteiger partial charge in [-0.2, -0.15) is 0 Å². The number of fused-ring (bicyclic) bond motifs is 1. The second kappa shape index (κ2) is 7.55. The Kier molecular flexibility index (Phi) is 4.84. The van der Waals surface area contributed by atoms with Crippen LogP contribution in [0.2, 0.25) is 10.0 Å². The molecule has 2 aromatic heterocycles. The Morgan fingerprint density at radius 1 is 1.13 bits per heavy atom. The molecular formula is C23H17Cl2N3O3. The lowest BCUT2D eigenvalue weighted by Crippen LogP contribution is -2.19. The average Bonchev–Trinajstić information content (AvgIpc) is 3.55. The van der Waals surface area contributed by atoms with Gasteiger partial charge in [0.1, 0.15) is 17.1 Å². The molecule has 1 aliphatic rings. The molecule has 5 rings (SSSR count). The van der Waals surface area contributed by atoms with Gasteiger partial charge in [-0.25, -0.2) is 0 Å². The minimum atomic E-state index is -0.317. The second-order valence-corrected chi connectivity index (χ2v) is 8.43. The van der Waals surface area contributed by atoms with Crippen LogP contribution in [-0.2, 0) is 7.05 Å². The number of H-pyrrole nitrogens is 1. The molecule has 1 N–H and O–H groups in total. The molecule has 0 atom stereocenters. The van der Waals surface area contributed by atoms with Crippen molar-refractivity contribution in [3.05, 3.63) is 85.9 Å². The topological polar surface area (TPSA) is 77.0 Å². The Morgan fingerprint density at radius 3 is 2.68 bits per heavy atom. The number of hydrogen-bond donors (Lipinski definition) is 1. The number of benzene rings is 2. The smallest absolute Gasteiger partial charge is 0.277 e. The van der Waals surface area contributed by atoms with Crippen LogP contribution >= 0.6 is 23.2 Å². The number of carbonyl (C=O) groups excluding carboxylic acids is 1. The van der Waals surface area contributed by atoms with Gasteiger partial charge in [-0.05, 0) is 55.3 Å². The molecule has 6 nitrogen and oxygen atoms in total. The van der Waals surface area contributed by atoms with E-state index >= 15 is 0 Å². The van der Waals surface area contributed by atoms with Gasteiger partial charge in [0.05, 0.1) is 16.2 Å². The van der Waals surface area contributed by atoms with Gasteiger partial charge in [0.25, 0.3) is 5.56 Å². The maximum atomic E-state index is 13.3. The molecule has 1 saturated carbocycles. The first-order valence-corrected chi connectivity index (χ1v) is 10.5. The second-order valence-electron chi connectivity index (χ2n) is 7.59. The minimum absolute atomic E-state index is 0.205. The van der Waals surface area contributed by atoms with Crippen LogP contribution < -0.4 is 10.3 Å². The highest BCUT2D eigenvalue weighted by Gasteiger charge is 2.33. The Labute approximate surface area is 187 Å². The summed E-state index contributed by atoms with van der Waals surface area (Å²) in [5.41, 5.74) is 1.65.